The Labute approximate surface area is 205 Å². The van der Waals surface area contributed by atoms with Crippen molar-refractivity contribution in [3.8, 4) is 11.8 Å². The first kappa shape index (κ1) is 23.9. The van der Waals surface area contributed by atoms with E-state index < -0.39 is 5.91 Å². The first-order valence-electron chi connectivity index (χ1n) is 9.79. The fraction of sp³-hybridized carbons (Fsp3) is 0.120. The summed E-state index contributed by atoms with van der Waals surface area (Å²) >= 11 is 16.3. The average molecular weight is 530 g/mol. The van der Waals surface area contributed by atoms with Crippen molar-refractivity contribution in [1.29, 1.82) is 5.26 Å². The van der Waals surface area contributed by atoms with Gasteiger partial charge in [0.05, 0.1) is 17.3 Å². The first-order valence-corrected chi connectivity index (χ1v) is 11.3. The van der Waals surface area contributed by atoms with Crippen LogP contribution in [0.1, 0.15) is 23.6 Å². The molecule has 0 aliphatic rings. The van der Waals surface area contributed by atoms with Crippen LogP contribution in [0.4, 0.5) is 5.69 Å². The van der Waals surface area contributed by atoms with Crippen molar-refractivity contribution in [3.63, 3.8) is 0 Å². The van der Waals surface area contributed by atoms with E-state index in [1.807, 2.05) is 37.3 Å². The second kappa shape index (κ2) is 11.2. The van der Waals surface area contributed by atoms with Gasteiger partial charge in [0, 0.05) is 21.5 Å². The van der Waals surface area contributed by atoms with Gasteiger partial charge in [-0.1, -0.05) is 69.5 Å². The van der Waals surface area contributed by atoms with Crippen molar-refractivity contribution in [2.75, 3.05) is 11.9 Å². The topological polar surface area (TPSA) is 62.1 Å². The molecule has 0 fully saturated rings. The molecule has 3 aromatic rings. The number of halogens is 3. The number of carbonyl (C=O) groups is 1. The van der Waals surface area contributed by atoms with Gasteiger partial charge in [-0.05, 0) is 54.5 Å². The largest absolute Gasteiger partial charge is 0.494 e. The van der Waals surface area contributed by atoms with Crippen molar-refractivity contribution in [2.24, 2.45) is 0 Å². The second-order valence-corrected chi connectivity index (χ2v) is 8.45. The maximum Gasteiger partial charge on any atom is 0.266 e. The van der Waals surface area contributed by atoms with Gasteiger partial charge in [-0.2, -0.15) is 5.26 Å². The molecule has 0 atom stereocenters. The van der Waals surface area contributed by atoms with E-state index in [4.69, 9.17) is 27.9 Å². The van der Waals surface area contributed by atoms with E-state index in [2.05, 4.69) is 21.2 Å². The fourth-order valence-corrected chi connectivity index (χ4v) is 3.96. The molecule has 1 N–H and O–H groups in total. The highest BCUT2D eigenvalue weighted by atomic mass is 79.9. The Kier molecular flexibility index (Phi) is 8.35. The Hall–Kier alpha value is -2.78. The van der Waals surface area contributed by atoms with Crippen LogP contribution in [0, 0.1) is 11.3 Å². The molecule has 1 amide bonds. The Bertz CT molecular complexity index is 1220. The quantitative estimate of drug-likeness (QED) is 0.258. The summed E-state index contributed by atoms with van der Waals surface area (Å²) in [6, 6.07) is 20.1. The number of nitrogens with zero attached hydrogens (tertiary/aromatic N) is 1. The van der Waals surface area contributed by atoms with E-state index in [9.17, 15) is 10.1 Å². The molecule has 0 unspecified atom stereocenters. The molecule has 0 aliphatic heterocycles. The van der Waals surface area contributed by atoms with Crippen LogP contribution in [0.2, 0.25) is 10.0 Å². The van der Waals surface area contributed by atoms with Crippen molar-refractivity contribution >= 4 is 56.8 Å². The van der Waals surface area contributed by atoms with Gasteiger partial charge in [-0.25, -0.2) is 0 Å². The van der Waals surface area contributed by atoms with Gasteiger partial charge in [0.1, 0.15) is 17.4 Å². The lowest BCUT2D eigenvalue weighted by molar-refractivity contribution is -0.112. The number of nitriles is 1. The number of benzene rings is 3. The molecule has 3 aromatic carbocycles. The van der Waals surface area contributed by atoms with Gasteiger partial charge in [0.25, 0.3) is 5.91 Å². The third-order valence-electron chi connectivity index (χ3n) is 4.60. The lowest BCUT2D eigenvalue weighted by Crippen LogP contribution is -2.13. The maximum absolute atomic E-state index is 12.6. The number of nitrogens with one attached hydrogen (secondary N) is 1. The molecule has 4 nitrogen and oxygen atoms in total. The minimum atomic E-state index is -0.563. The highest BCUT2D eigenvalue weighted by Crippen LogP contribution is 2.33. The molecule has 0 heterocycles. The summed E-state index contributed by atoms with van der Waals surface area (Å²) in [4.78, 5) is 12.6. The van der Waals surface area contributed by atoms with Crippen LogP contribution < -0.4 is 10.1 Å². The van der Waals surface area contributed by atoms with Gasteiger partial charge in [-0.15, -0.1) is 0 Å². The molecular weight excluding hydrogens is 511 g/mol. The predicted octanol–water partition coefficient (Wildman–Crippen LogP) is 7.29. The van der Waals surface area contributed by atoms with E-state index in [1.54, 1.807) is 36.4 Å². The molecular formula is C25H19BrCl2N2O2. The fourth-order valence-electron chi connectivity index (χ4n) is 3.07. The Morgan fingerprint density at radius 2 is 1.84 bits per heavy atom. The number of ether oxygens (including phenoxy) is 1. The van der Waals surface area contributed by atoms with Gasteiger partial charge in [0.15, 0.2) is 0 Å². The zero-order valence-electron chi connectivity index (χ0n) is 17.2. The van der Waals surface area contributed by atoms with Crippen molar-refractivity contribution in [3.05, 3.63) is 97.4 Å². The first-order chi connectivity index (χ1) is 15.4. The highest BCUT2D eigenvalue weighted by molar-refractivity contribution is 9.10. The van der Waals surface area contributed by atoms with Crippen LogP contribution in [-0.4, -0.2) is 12.5 Å². The van der Waals surface area contributed by atoms with Crippen LogP contribution in [-0.2, 0) is 11.2 Å². The molecule has 162 valence electrons. The Balaban J connectivity index is 1.93. The number of anilines is 1. The van der Waals surface area contributed by atoms with E-state index in [0.29, 0.717) is 40.1 Å². The van der Waals surface area contributed by atoms with Crippen LogP contribution in [0.5, 0.6) is 5.75 Å². The summed E-state index contributed by atoms with van der Waals surface area (Å²) in [6.07, 6.45) is 2.04. The van der Waals surface area contributed by atoms with Crippen LogP contribution in [0.15, 0.2) is 70.7 Å². The molecule has 0 radical (unpaired) electrons. The summed E-state index contributed by atoms with van der Waals surface area (Å²) in [6.45, 7) is 2.33. The number of carbonyl (C=O) groups excluding carboxylic acids is 1. The van der Waals surface area contributed by atoms with Crippen LogP contribution in [0.3, 0.4) is 0 Å². The zero-order chi connectivity index (χ0) is 23.1. The van der Waals surface area contributed by atoms with Crippen molar-refractivity contribution < 1.29 is 9.53 Å². The van der Waals surface area contributed by atoms with Crippen molar-refractivity contribution in [1.82, 2.24) is 0 Å². The Morgan fingerprint density at radius 3 is 2.53 bits per heavy atom. The predicted molar refractivity (Wildman–Crippen MR) is 133 cm³/mol. The van der Waals surface area contributed by atoms with Crippen molar-refractivity contribution in [2.45, 2.75) is 13.3 Å². The van der Waals surface area contributed by atoms with Gasteiger partial charge < -0.3 is 10.1 Å². The molecule has 0 aliphatic carbocycles. The Morgan fingerprint density at radius 1 is 1.12 bits per heavy atom. The third kappa shape index (κ3) is 5.92. The lowest BCUT2D eigenvalue weighted by atomic mass is 10.0. The smallest absolute Gasteiger partial charge is 0.266 e. The molecule has 7 heteroatoms. The van der Waals surface area contributed by atoms with Crippen LogP contribution >= 0.6 is 39.1 Å². The normalized spacial score (nSPS) is 11.0. The summed E-state index contributed by atoms with van der Waals surface area (Å²) < 4.78 is 6.81. The van der Waals surface area contributed by atoms with E-state index in [1.165, 1.54) is 6.08 Å². The van der Waals surface area contributed by atoms with E-state index in [0.717, 1.165) is 15.6 Å². The minimum absolute atomic E-state index is 0.0815. The molecule has 0 bridgehead atoms. The maximum atomic E-state index is 12.6. The number of hydrogen-bond acceptors (Lipinski definition) is 3. The molecule has 0 saturated heterocycles. The van der Waals surface area contributed by atoms with Crippen LogP contribution in [0.25, 0.3) is 6.08 Å². The van der Waals surface area contributed by atoms with E-state index >= 15 is 0 Å². The molecule has 0 spiro atoms. The van der Waals surface area contributed by atoms with Gasteiger partial charge in [-0.3, -0.25) is 4.79 Å². The summed E-state index contributed by atoms with van der Waals surface area (Å²) in [5, 5.41) is 13.1. The zero-order valence-corrected chi connectivity index (χ0v) is 20.3. The standard InChI is InChI=1S/C25H19BrCl2N2O2/c1-2-32-24-13-16(12-22(28)19(24)14-17-7-3-4-8-20(17)26)11-18(15-29)25(31)30-23-10-6-5-9-21(23)27/h3-13H,2,14H2,1H3,(H,30,31)/b18-11+. The van der Waals surface area contributed by atoms with E-state index in [-0.39, 0.29) is 5.57 Å². The monoisotopic (exact) mass is 528 g/mol. The third-order valence-corrected chi connectivity index (χ3v) is 6.04. The summed E-state index contributed by atoms with van der Waals surface area (Å²) in [7, 11) is 0. The molecule has 3 rings (SSSR count). The number of amides is 1. The highest BCUT2D eigenvalue weighted by Gasteiger charge is 2.15. The number of rotatable bonds is 7. The lowest BCUT2D eigenvalue weighted by Gasteiger charge is -2.14. The molecule has 0 aromatic heterocycles. The van der Waals surface area contributed by atoms with Gasteiger partial charge >= 0.3 is 0 Å². The number of hydrogen-bond donors (Lipinski definition) is 1. The minimum Gasteiger partial charge on any atom is -0.494 e. The summed E-state index contributed by atoms with van der Waals surface area (Å²) in [5.41, 5.74) is 2.83. The number of para-hydroxylation sites is 1. The summed E-state index contributed by atoms with van der Waals surface area (Å²) in [5.74, 6) is 0.0396. The van der Waals surface area contributed by atoms with Gasteiger partial charge in [0.2, 0.25) is 0 Å². The average Bonchev–Trinajstić information content (AvgIpc) is 2.77. The molecule has 0 saturated carbocycles. The molecule has 32 heavy (non-hydrogen) atoms. The SMILES string of the molecule is CCOc1cc(/C=C(\C#N)C(=O)Nc2ccccc2Cl)cc(Cl)c1Cc1ccccc1Br. The second-order valence-electron chi connectivity index (χ2n) is 6.78.